The van der Waals surface area contributed by atoms with E-state index in [1.807, 2.05) is 0 Å². The van der Waals surface area contributed by atoms with Crippen LogP contribution in [0.1, 0.15) is 0 Å². The number of rotatable bonds is 0. The molecule has 0 fully saturated rings. The fraction of sp³-hybridized carbons (Fsp3) is 0. The predicted molar refractivity (Wildman–Crippen MR) is 37.2 cm³/mol. The van der Waals surface area contributed by atoms with E-state index in [9.17, 15) is 0 Å². The van der Waals surface area contributed by atoms with E-state index in [4.69, 9.17) is 0 Å². The Labute approximate surface area is 52.6 Å². The molecule has 0 unspecified atom stereocenters. The zero-order valence-electron chi connectivity index (χ0n) is 4.07. The maximum absolute atomic E-state index is 3.86. The SMILES string of the molecule is SC=C1N=CN=CN1. The molecule has 1 rings (SSSR count). The summed E-state index contributed by atoms with van der Waals surface area (Å²) in [7, 11) is 0. The summed E-state index contributed by atoms with van der Waals surface area (Å²) in [6.07, 6.45) is 3.01. The van der Waals surface area contributed by atoms with E-state index >= 15 is 0 Å². The van der Waals surface area contributed by atoms with E-state index in [0.29, 0.717) is 5.82 Å². The van der Waals surface area contributed by atoms with Crippen LogP contribution in [0.5, 0.6) is 0 Å². The van der Waals surface area contributed by atoms with Crippen LogP contribution in [0.4, 0.5) is 0 Å². The summed E-state index contributed by atoms with van der Waals surface area (Å²) in [6, 6.07) is 0. The lowest BCUT2D eigenvalue weighted by atomic mass is 10.7. The fourth-order valence-electron chi connectivity index (χ4n) is 0.340. The lowest BCUT2D eigenvalue weighted by Crippen LogP contribution is -2.11. The molecule has 0 aromatic carbocycles. The number of nitrogens with zero attached hydrogens (tertiary/aromatic N) is 2. The van der Waals surface area contributed by atoms with Gasteiger partial charge < -0.3 is 5.32 Å². The Morgan fingerprint density at radius 2 is 2.62 bits per heavy atom. The van der Waals surface area contributed by atoms with Gasteiger partial charge in [-0.1, -0.05) is 0 Å². The van der Waals surface area contributed by atoms with Gasteiger partial charge in [-0.25, -0.2) is 9.98 Å². The quantitative estimate of drug-likeness (QED) is 0.453. The second-order valence-corrected chi connectivity index (χ2v) is 1.44. The maximum atomic E-state index is 3.86. The van der Waals surface area contributed by atoms with E-state index in [2.05, 4.69) is 27.9 Å². The summed E-state index contributed by atoms with van der Waals surface area (Å²) in [6.45, 7) is 0. The van der Waals surface area contributed by atoms with Gasteiger partial charge in [-0.15, -0.1) is 12.6 Å². The van der Waals surface area contributed by atoms with E-state index in [1.54, 1.807) is 11.7 Å². The average molecular weight is 127 g/mol. The zero-order valence-corrected chi connectivity index (χ0v) is 4.97. The normalized spacial score (nSPS) is 21.4. The van der Waals surface area contributed by atoms with Crippen molar-refractivity contribution in [2.24, 2.45) is 9.98 Å². The molecule has 0 aromatic rings. The van der Waals surface area contributed by atoms with Crippen molar-refractivity contribution in [2.45, 2.75) is 0 Å². The minimum Gasteiger partial charge on any atom is -0.331 e. The number of hydrogen-bond acceptors (Lipinski definition) is 4. The molecule has 1 heterocycles. The van der Waals surface area contributed by atoms with Gasteiger partial charge in [-0.2, -0.15) is 0 Å². The van der Waals surface area contributed by atoms with Gasteiger partial charge in [0, 0.05) is 5.41 Å². The topological polar surface area (TPSA) is 36.8 Å². The summed E-state index contributed by atoms with van der Waals surface area (Å²) in [5, 5.41) is 4.34. The van der Waals surface area contributed by atoms with Gasteiger partial charge in [0.2, 0.25) is 0 Å². The van der Waals surface area contributed by atoms with Crippen LogP contribution in [-0.4, -0.2) is 12.7 Å². The lowest BCUT2D eigenvalue weighted by molar-refractivity contribution is 1.10. The van der Waals surface area contributed by atoms with Gasteiger partial charge in [0.1, 0.15) is 12.2 Å². The summed E-state index contributed by atoms with van der Waals surface area (Å²) in [4.78, 5) is 7.47. The van der Waals surface area contributed by atoms with Gasteiger partial charge in [-0.05, 0) is 0 Å². The highest BCUT2D eigenvalue weighted by Crippen LogP contribution is 1.93. The standard InChI is InChI=1S/C4H5N3S/c8-1-4-6-2-5-3-7-4/h1-3,8H,(H,5,6,7). The molecule has 8 heavy (non-hydrogen) atoms. The second-order valence-electron chi connectivity index (χ2n) is 1.18. The highest BCUT2D eigenvalue weighted by Gasteiger charge is 1.88. The van der Waals surface area contributed by atoms with Crippen LogP contribution in [0.15, 0.2) is 21.2 Å². The third-order valence-electron chi connectivity index (χ3n) is 0.673. The molecule has 4 heteroatoms. The fourth-order valence-corrected chi connectivity index (χ4v) is 0.481. The Bertz CT molecular complexity index is 159. The van der Waals surface area contributed by atoms with Gasteiger partial charge in [0.15, 0.2) is 0 Å². The molecular formula is C4H5N3S. The number of aliphatic imine (C=N–C) groups is 2. The molecular weight excluding hydrogens is 122 g/mol. The summed E-state index contributed by atoms with van der Waals surface area (Å²) >= 11 is 3.86. The van der Waals surface area contributed by atoms with Gasteiger partial charge in [0.05, 0.1) is 6.34 Å². The monoisotopic (exact) mass is 127 g/mol. The van der Waals surface area contributed by atoms with E-state index in [1.165, 1.54) is 6.34 Å². The van der Waals surface area contributed by atoms with Crippen LogP contribution >= 0.6 is 12.6 Å². The van der Waals surface area contributed by atoms with Crippen molar-refractivity contribution in [3.05, 3.63) is 11.2 Å². The molecule has 42 valence electrons. The maximum Gasteiger partial charge on any atom is 0.138 e. The number of thiol groups is 1. The van der Waals surface area contributed by atoms with Crippen molar-refractivity contribution < 1.29 is 0 Å². The first-order valence-electron chi connectivity index (χ1n) is 2.08. The molecule has 3 nitrogen and oxygen atoms in total. The molecule has 0 spiro atoms. The Kier molecular flexibility index (Phi) is 1.69. The minimum atomic E-state index is 0.711. The first-order valence-corrected chi connectivity index (χ1v) is 2.60. The van der Waals surface area contributed by atoms with Crippen molar-refractivity contribution in [2.75, 3.05) is 0 Å². The van der Waals surface area contributed by atoms with Crippen molar-refractivity contribution in [1.29, 1.82) is 0 Å². The van der Waals surface area contributed by atoms with Crippen LogP contribution in [0, 0.1) is 0 Å². The van der Waals surface area contributed by atoms with Gasteiger partial charge >= 0.3 is 0 Å². The lowest BCUT2D eigenvalue weighted by Gasteiger charge is -1.99. The van der Waals surface area contributed by atoms with Crippen LogP contribution in [0.25, 0.3) is 0 Å². The smallest absolute Gasteiger partial charge is 0.138 e. The average Bonchev–Trinajstić information content (AvgIpc) is 1.90. The first kappa shape index (κ1) is 5.37. The third kappa shape index (κ3) is 1.10. The van der Waals surface area contributed by atoms with E-state index in [-0.39, 0.29) is 0 Å². The molecule has 0 radical (unpaired) electrons. The summed E-state index contributed by atoms with van der Waals surface area (Å²) < 4.78 is 0. The van der Waals surface area contributed by atoms with Gasteiger partial charge in [-0.3, -0.25) is 0 Å². The zero-order chi connectivity index (χ0) is 5.82. The van der Waals surface area contributed by atoms with Crippen LogP contribution in [0.3, 0.4) is 0 Å². The Balaban J connectivity index is 2.66. The minimum absolute atomic E-state index is 0.711. The molecule has 1 N–H and O–H groups in total. The van der Waals surface area contributed by atoms with Crippen molar-refractivity contribution in [3.8, 4) is 0 Å². The van der Waals surface area contributed by atoms with Crippen molar-refractivity contribution in [1.82, 2.24) is 5.32 Å². The van der Waals surface area contributed by atoms with E-state index < -0.39 is 0 Å². The Morgan fingerprint density at radius 1 is 1.75 bits per heavy atom. The molecule has 0 bridgehead atoms. The van der Waals surface area contributed by atoms with Crippen molar-refractivity contribution >= 4 is 25.3 Å². The van der Waals surface area contributed by atoms with Gasteiger partial charge in [0.25, 0.3) is 0 Å². The second kappa shape index (κ2) is 2.52. The number of hydrogen-bond donors (Lipinski definition) is 2. The molecule has 0 saturated carbocycles. The highest BCUT2D eigenvalue weighted by molar-refractivity contribution is 7.83. The molecule has 0 saturated heterocycles. The highest BCUT2D eigenvalue weighted by atomic mass is 32.1. The Morgan fingerprint density at radius 3 is 3.00 bits per heavy atom. The van der Waals surface area contributed by atoms with Crippen molar-refractivity contribution in [3.63, 3.8) is 0 Å². The molecule has 0 aromatic heterocycles. The predicted octanol–water partition coefficient (Wildman–Crippen LogP) is 0.375. The molecule has 0 atom stereocenters. The van der Waals surface area contributed by atoms with Crippen LogP contribution in [-0.2, 0) is 0 Å². The molecule has 0 amide bonds. The van der Waals surface area contributed by atoms with Crippen LogP contribution < -0.4 is 5.32 Å². The number of nitrogens with one attached hydrogen (secondary N) is 1. The molecule has 1 aliphatic heterocycles. The first-order chi connectivity index (χ1) is 3.93. The Hall–Kier alpha value is -0.770. The third-order valence-corrected chi connectivity index (χ3v) is 0.917. The van der Waals surface area contributed by atoms with Crippen LogP contribution in [0.2, 0.25) is 0 Å². The van der Waals surface area contributed by atoms with E-state index in [0.717, 1.165) is 0 Å². The molecule has 1 aliphatic rings. The summed E-state index contributed by atoms with van der Waals surface area (Å²) in [5.41, 5.74) is 0. The largest absolute Gasteiger partial charge is 0.331 e. The summed E-state index contributed by atoms with van der Waals surface area (Å²) in [5.74, 6) is 0.711. The molecule has 0 aliphatic carbocycles.